The summed E-state index contributed by atoms with van der Waals surface area (Å²) in [6.45, 7) is 0.979. The first-order valence-corrected chi connectivity index (χ1v) is 5.34. The SMILES string of the molecule is O=C(O)CCc1cc(Cl)c2c(c1)OCCO2. The molecule has 86 valence electrons. The summed E-state index contributed by atoms with van der Waals surface area (Å²) in [5, 5.41) is 9.06. The number of benzene rings is 1. The quantitative estimate of drug-likeness (QED) is 0.882. The van der Waals surface area contributed by atoms with Gasteiger partial charge in [0.25, 0.3) is 0 Å². The Hall–Kier alpha value is -1.42. The van der Waals surface area contributed by atoms with E-state index in [4.69, 9.17) is 26.2 Å². The number of aliphatic carboxylic acids is 1. The Morgan fingerprint density at radius 2 is 2.12 bits per heavy atom. The Balaban J connectivity index is 2.21. The van der Waals surface area contributed by atoms with Crippen molar-refractivity contribution in [3.63, 3.8) is 0 Å². The summed E-state index contributed by atoms with van der Waals surface area (Å²) < 4.78 is 10.8. The highest BCUT2D eigenvalue weighted by Crippen LogP contribution is 2.38. The number of carboxylic acids is 1. The van der Waals surface area contributed by atoms with E-state index in [0.717, 1.165) is 5.56 Å². The van der Waals surface area contributed by atoms with Crippen LogP contribution in [0, 0.1) is 0 Å². The van der Waals surface area contributed by atoms with Crippen molar-refractivity contribution < 1.29 is 19.4 Å². The summed E-state index contributed by atoms with van der Waals surface area (Å²) in [5.74, 6) is 0.317. The van der Waals surface area contributed by atoms with Gasteiger partial charge < -0.3 is 14.6 Å². The Morgan fingerprint density at radius 3 is 2.88 bits per heavy atom. The summed E-state index contributed by atoms with van der Waals surface area (Å²) in [7, 11) is 0. The van der Waals surface area contributed by atoms with Gasteiger partial charge in [0.05, 0.1) is 5.02 Å². The summed E-state index contributed by atoms with van der Waals surface area (Å²) >= 11 is 6.01. The third kappa shape index (κ3) is 2.39. The molecule has 1 aliphatic heterocycles. The minimum atomic E-state index is -0.828. The molecule has 1 heterocycles. The molecule has 1 aliphatic rings. The number of ether oxygens (including phenoxy) is 2. The van der Waals surface area contributed by atoms with Crippen molar-refractivity contribution in [1.29, 1.82) is 0 Å². The lowest BCUT2D eigenvalue weighted by molar-refractivity contribution is -0.136. The molecule has 0 unspecified atom stereocenters. The maximum Gasteiger partial charge on any atom is 0.303 e. The van der Waals surface area contributed by atoms with Gasteiger partial charge in [-0.05, 0) is 24.1 Å². The van der Waals surface area contributed by atoms with Gasteiger partial charge in [0.1, 0.15) is 13.2 Å². The number of aryl methyl sites for hydroxylation is 1. The van der Waals surface area contributed by atoms with Gasteiger partial charge in [0.15, 0.2) is 11.5 Å². The largest absolute Gasteiger partial charge is 0.486 e. The zero-order chi connectivity index (χ0) is 11.5. The molecular weight excluding hydrogens is 232 g/mol. The van der Waals surface area contributed by atoms with Crippen LogP contribution in [0.3, 0.4) is 0 Å². The van der Waals surface area contributed by atoms with E-state index in [1.165, 1.54) is 0 Å². The second-order valence-corrected chi connectivity index (χ2v) is 3.90. The maximum absolute atomic E-state index is 10.5. The molecule has 0 spiro atoms. The van der Waals surface area contributed by atoms with E-state index in [0.29, 0.717) is 36.2 Å². The average molecular weight is 243 g/mol. The molecule has 0 saturated carbocycles. The Kier molecular flexibility index (Phi) is 3.19. The second-order valence-electron chi connectivity index (χ2n) is 3.50. The first-order chi connectivity index (χ1) is 7.66. The summed E-state index contributed by atoms with van der Waals surface area (Å²) in [6.07, 6.45) is 0.516. The lowest BCUT2D eigenvalue weighted by Gasteiger charge is -2.20. The molecule has 0 aromatic heterocycles. The predicted octanol–water partition coefficient (Wildman–Crippen LogP) is 2.13. The highest BCUT2D eigenvalue weighted by molar-refractivity contribution is 6.32. The fraction of sp³-hybridized carbons (Fsp3) is 0.364. The number of carboxylic acid groups (broad SMARTS) is 1. The standard InChI is InChI=1S/C11H11ClO4/c12-8-5-7(1-2-10(13)14)6-9-11(8)16-4-3-15-9/h5-6H,1-4H2,(H,13,14). The van der Waals surface area contributed by atoms with Crippen LogP contribution in [-0.4, -0.2) is 24.3 Å². The van der Waals surface area contributed by atoms with Gasteiger partial charge in [-0.15, -0.1) is 0 Å². The van der Waals surface area contributed by atoms with Crippen molar-refractivity contribution in [3.05, 3.63) is 22.7 Å². The van der Waals surface area contributed by atoms with E-state index in [9.17, 15) is 4.79 Å². The first-order valence-electron chi connectivity index (χ1n) is 4.96. The number of halogens is 1. The monoisotopic (exact) mass is 242 g/mol. The lowest BCUT2D eigenvalue weighted by atomic mass is 10.1. The zero-order valence-electron chi connectivity index (χ0n) is 8.53. The van der Waals surface area contributed by atoms with Crippen molar-refractivity contribution >= 4 is 17.6 Å². The van der Waals surface area contributed by atoms with Crippen molar-refractivity contribution in [1.82, 2.24) is 0 Å². The van der Waals surface area contributed by atoms with Crippen LogP contribution in [0.4, 0.5) is 0 Å². The van der Waals surface area contributed by atoms with Crippen LogP contribution in [0.25, 0.3) is 0 Å². The van der Waals surface area contributed by atoms with E-state index in [1.807, 2.05) is 0 Å². The van der Waals surface area contributed by atoms with Crippen LogP contribution < -0.4 is 9.47 Å². The van der Waals surface area contributed by atoms with E-state index in [2.05, 4.69) is 0 Å². The third-order valence-corrected chi connectivity index (χ3v) is 2.56. The minimum Gasteiger partial charge on any atom is -0.486 e. The topological polar surface area (TPSA) is 55.8 Å². The molecule has 0 amide bonds. The van der Waals surface area contributed by atoms with Crippen LogP contribution in [0.1, 0.15) is 12.0 Å². The molecule has 0 fully saturated rings. The molecule has 1 N–H and O–H groups in total. The maximum atomic E-state index is 10.5. The third-order valence-electron chi connectivity index (χ3n) is 2.28. The van der Waals surface area contributed by atoms with E-state index >= 15 is 0 Å². The predicted molar refractivity (Wildman–Crippen MR) is 58.4 cm³/mol. The first kappa shape index (κ1) is 11.1. The normalized spacial score (nSPS) is 13.6. The second kappa shape index (κ2) is 4.61. The number of fused-ring (bicyclic) bond motifs is 1. The molecule has 0 aliphatic carbocycles. The molecule has 0 atom stereocenters. The Bertz CT molecular complexity index is 417. The molecule has 5 heteroatoms. The van der Waals surface area contributed by atoms with Crippen molar-refractivity contribution in [3.8, 4) is 11.5 Å². The Morgan fingerprint density at radius 1 is 1.38 bits per heavy atom. The van der Waals surface area contributed by atoms with Gasteiger partial charge in [0.2, 0.25) is 0 Å². The smallest absolute Gasteiger partial charge is 0.303 e. The van der Waals surface area contributed by atoms with E-state index < -0.39 is 5.97 Å². The highest BCUT2D eigenvalue weighted by atomic mass is 35.5. The van der Waals surface area contributed by atoms with E-state index in [-0.39, 0.29) is 6.42 Å². The van der Waals surface area contributed by atoms with Crippen LogP contribution in [0.15, 0.2) is 12.1 Å². The molecule has 0 radical (unpaired) electrons. The van der Waals surface area contributed by atoms with Gasteiger partial charge in [-0.1, -0.05) is 11.6 Å². The Labute approximate surface area is 97.7 Å². The minimum absolute atomic E-state index is 0.0793. The summed E-state index contributed by atoms with van der Waals surface area (Å²) in [4.78, 5) is 10.5. The van der Waals surface area contributed by atoms with Crippen LogP contribution in [0.5, 0.6) is 11.5 Å². The lowest BCUT2D eigenvalue weighted by Crippen LogP contribution is -2.15. The van der Waals surface area contributed by atoms with Gasteiger partial charge in [-0.2, -0.15) is 0 Å². The van der Waals surface area contributed by atoms with Crippen LogP contribution in [0.2, 0.25) is 5.02 Å². The van der Waals surface area contributed by atoms with Gasteiger partial charge in [-0.25, -0.2) is 0 Å². The zero-order valence-corrected chi connectivity index (χ0v) is 9.29. The molecule has 4 nitrogen and oxygen atoms in total. The van der Waals surface area contributed by atoms with Crippen molar-refractivity contribution in [2.75, 3.05) is 13.2 Å². The average Bonchev–Trinajstić information content (AvgIpc) is 2.26. The van der Waals surface area contributed by atoms with E-state index in [1.54, 1.807) is 12.1 Å². The van der Waals surface area contributed by atoms with Gasteiger partial charge in [-0.3, -0.25) is 4.79 Å². The fourth-order valence-corrected chi connectivity index (χ4v) is 1.85. The highest BCUT2D eigenvalue weighted by Gasteiger charge is 2.16. The molecule has 16 heavy (non-hydrogen) atoms. The van der Waals surface area contributed by atoms with Crippen LogP contribution >= 0.6 is 11.6 Å². The summed E-state index contributed by atoms with van der Waals surface area (Å²) in [5.41, 5.74) is 0.844. The molecule has 0 saturated heterocycles. The molecule has 0 bridgehead atoms. The molecule has 1 aromatic carbocycles. The van der Waals surface area contributed by atoms with Crippen molar-refractivity contribution in [2.24, 2.45) is 0 Å². The molecule has 2 rings (SSSR count). The molecular formula is C11H11ClO4. The number of hydrogen-bond donors (Lipinski definition) is 1. The summed E-state index contributed by atoms with van der Waals surface area (Å²) in [6, 6.07) is 3.50. The van der Waals surface area contributed by atoms with Crippen molar-refractivity contribution in [2.45, 2.75) is 12.8 Å². The molecule has 1 aromatic rings. The number of hydrogen-bond acceptors (Lipinski definition) is 3. The van der Waals surface area contributed by atoms with Crippen LogP contribution in [-0.2, 0) is 11.2 Å². The number of carbonyl (C=O) groups is 1. The van der Waals surface area contributed by atoms with Gasteiger partial charge >= 0.3 is 5.97 Å². The number of rotatable bonds is 3. The fourth-order valence-electron chi connectivity index (χ4n) is 1.56. The van der Waals surface area contributed by atoms with Gasteiger partial charge in [0, 0.05) is 6.42 Å².